The van der Waals surface area contributed by atoms with Crippen LogP contribution in [0.15, 0.2) is 65.7 Å². The first-order valence-electron chi connectivity index (χ1n) is 9.66. The van der Waals surface area contributed by atoms with Crippen LogP contribution in [-0.2, 0) is 0 Å². The van der Waals surface area contributed by atoms with E-state index in [4.69, 9.17) is 4.98 Å². The van der Waals surface area contributed by atoms with Gasteiger partial charge in [0.2, 0.25) is 0 Å². The molecule has 0 spiro atoms. The van der Waals surface area contributed by atoms with Crippen LogP contribution in [0.2, 0.25) is 0 Å². The maximum atomic E-state index is 12.8. The first-order chi connectivity index (χ1) is 14.6. The number of fused-ring (bicyclic) bond motifs is 1. The van der Waals surface area contributed by atoms with E-state index in [1.165, 1.54) is 0 Å². The van der Waals surface area contributed by atoms with Crippen LogP contribution in [-0.4, -0.2) is 34.9 Å². The molecule has 0 saturated heterocycles. The average Bonchev–Trinajstić information content (AvgIpc) is 3.41. The molecule has 0 radical (unpaired) electrons. The number of benzene rings is 2. The Balaban J connectivity index is 1.63. The number of nitrogens with zero attached hydrogens (tertiary/aromatic N) is 5. The molecule has 0 amide bonds. The molecule has 2 aromatic carbocycles. The lowest BCUT2D eigenvalue weighted by atomic mass is 10.0. The number of imidazole rings is 1. The standard InChI is InChI=1S/C22H19N7O/c1-13(2)16-5-3-4-6-19(16)29-21-18(25-22(29)30)11-23-20(26-21)15-9-7-14(8-10-15)17-12-24-28-27-17/h3-13H,1-2H3,(H,25,30)(H,24,27,28). The third kappa shape index (κ3) is 2.98. The van der Waals surface area contributed by atoms with Gasteiger partial charge < -0.3 is 4.98 Å². The molecule has 3 heterocycles. The van der Waals surface area contributed by atoms with Gasteiger partial charge in [-0.15, -0.1) is 5.10 Å². The highest BCUT2D eigenvalue weighted by Gasteiger charge is 2.16. The number of H-pyrrole nitrogens is 2. The second kappa shape index (κ2) is 7.07. The third-order valence-corrected chi connectivity index (χ3v) is 5.09. The summed E-state index contributed by atoms with van der Waals surface area (Å²) in [7, 11) is 0. The molecule has 8 nitrogen and oxygen atoms in total. The monoisotopic (exact) mass is 397 g/mol. The van der Waals surface area contributed by atoms with Gasteiger partial charge in [0.1, 0.15) is 5.52 Å². The van der Waals surface area contributed by atoms with Crippen molar-refractivity contribution in [2.75, 3.05) is 0 Å². The van der Waals surface area contributed by atoms with Crippen LogP contribution in [0.25, 0.3) is 39.5 Å². The summed E-state index contributed by atoms with van der Waals surface area (Å²) in [5.41, 5.74) is 5.49. The van der Waals surface area contributed by atoms with Gasteiger partial charge >= 0.3 is 5.69 Å². The van der Waals surface area contributed by atoms with Gasteiger partial charge in [0, 0.05) is 11.1 Å². The molecule has 0 aliphatic rings. The summed E-state index contributed by atoms with van der Waals surface area (Å²) < 4.78 is 1.63. The normalized spacial score (nSPS) is 11.4. The van der Waals surface area contributed by atoms with Gasteiger partial charge in [-0.2, -0.15) is 0 Å². The first kappa shape index (κ1) is 18.0. The zero-order chi connectivity index (χ0) is 20.7. The topological polar surface area (TPSA) is 105 Å². The van der Waals surface area contributed by atoms with Crippen LogP contribution in [0.5, 0.6) is 0 Å². The fourth-order valence-electron chi connectivity index (χ4n) is 3.58. The van der Waals surface area contributed by atoms with Crippen molar-refractivity contribution in [2.24, 2.45) is 0 Å². The Morgan fingerprint density at radius 1 is 0.967 bits per heavy atom. The Morgan fingerprint density at radius 2 is 1.73 bits per heavy atom. The summed E-state index contributed by atoms with van der Waals surface area (Å²) in [5, 5.41) is 10.4. The van der Waals surface area contributed by atoms with E-state index in [0.29, 0.717) is 17.0 Å². The summed E-state index contributed by atoms with van der Waals surface area (Å²) in [5.74, 6) is 0.815. The first-order valence-corrected chi connectivity index (χ1v) is 9.66. The molecule has 5 aromatic rings. The zero-order valence-corrected chi connectivity index (χ0v) is 16.5. The third-order valence-electron chi connectivity index (χ3n) is 5.09. The second-order valence-electron chi connectivity index (χ2n) is 7.36. The van der Waals surface area contributed by atoms with Crippen molar-refractivity contribution in [3.8, 4) is 28.3 Å². The SMILES string of the molecule is CC(C)c1ccccc1-n1c(=O)[nH]c2cnc(-c3ccc(-c4cnn[nH]4)cc3)nc21. The predicted octanol–water partition coefficient (Wildman–Crippen LogP) is 3.68. The minimum Gasteiger partial charge on any atom is -0.303 e. The van der Waals surface area contributed by atoms with Gasteiger partial charge in [-0.05, 0) is 17.5 Å². The van der Waals surface area contributed by atoms with Crippen molar-refractivity contribution in [3.05, 3.63) is 77.0 Å². The van der Waals surface area contributed by atoms with Gasteiger partial charge in [-0.3, -0.25) is 5.10 Å². The minimum atomic E-state index is -0.230. The Labute approximate surface area is 171 Å². The quantitative estimate of drug-likeness (QED) is 0.481. The highest BCUT2D eigenvalue weighted by Crippen LogP contribution is 2.26. The van der Waals surface area contributed by atoms with Crippen molar-refractivity contribution in [1.29, 1.82) is 0 Å². The van der Waals surface area contributed by atoms with Crippen LogP contribution in [0.1, 0.15) is 25.3 Å². The highest BCUT2D eigenvalue weighted by atomic mass is 16.1. The molecule has 0 aliphatic heterocycles. The van der Waals surface area contributed by atoms with E-state index in [0.717, 1.165) is 28.1 Å². The number of rotatable bonds is 4. The molecule has 5 rings (SSSR count). The van der Waals surface area contributed by atoms with E-state index >= 15 is 0 Å². The molecule has 0 bridgehead atoms. The second-order valence-corrected chi connectivity index (χ2v) is 7.36. The molecule has 3 aromatic heterocycles. The lowest BCUT2D eigenvalue weighted by Gasteiger charge is -2.13. The Hall–Kier alpha value is -4.07. The number of aromatic amines is 2. The molecular weight excluding hydrogens is 378 g/mol. The number of para-hydroxylation sites is 1. The smallest absolute Gasteiger partial charge is 0.303 e. The van der Waals surface area contributed by atoms with Gasteiger partial charge in [-0.25, -0.2) is 19.3 Å². The summed E-state index contributed by atoms with van der Waals surface area (Å²) in [6.45, 7) is 4.21. The Kier molecular flexibility index (Phi) is 4.24. The fourth-order valence-corrected chi connectivity index (χ4v) is 3.58. The largest absolute Gasteiger partial charge is 0.332 e. The van der Waals surface area contributed by atoms with E-state index < -0.39 is 0 Å². The zero-order valence-electron chi connectivity index (χ0n) is 16.5. The average molecular weight is 397 g/mol. The molecule has 2 N–H and O–H groups in total. The van der Waals surface area contributed by atoms with Crippen LogP contribution in [0, 0.1) is 0 Å². The highest BCUT2D eigenvalue weighted by molar-refractivity contribution is 5.75. The van der Waals surface area contributed by atoms with Gasteiger partial charge in [0.25, 0.3) is 0 Å². The number of hydrogen-bond donors (Lipinski definition) is 2. The van der Waals surface area contributed by atoms with Crippen molar-refractivity contribution in [2.45, 2.75) is 19.8 Å². The molecule has 0 aliphatic carbocycles. The molecule has 0 atom stereocenters. The molecule has 0 fully saturated rings. The van der Waals surface area contributed by atoms with Crippen molar-refractivity contribution >= 4 is 11.2 Å². The van der Waals surface area contributed by atoms with E-state index in [1.54, 1.807) is 17.0 Å². The summed E-state index contributed by atoms with van der Waals surface area (Å²) in [6, 6.07) is 15.7. The van der Waals surface area contributed by atoms with E-state index in [2.05, 4.69) is 39.2 Å². The molecular formula is C22H19N7O. The van der Waals surface area contributed by atoms with Gasteiger partial charge in [0.05, 0.1) is 23.8 Å². The van der Waals surface area contributed by atoms with Crippen LogP contribution < -0.4 is 5.69 Å². The van der Waals surface area contributed by atoms with Crippen LogP contribution in [0.4, 0.5) is 0 Å². The lowest BCUT2D eigenvalue weighted by molar-refractivity contribution is 0.842. The summed E-state index contributed by atoms with van der Waals surface area (Å²) in [6.07, 6.45) is 3.32. The minimum absolute atomic E-state index is 0.230. The van der Waals surface area contributed by atoms with Gasteiger partial charge in [0.15, 0.2) is 11.5 Å². The lowest BCUT2D eigenvalue weighted by Crippen LogP contribution is -2.17. The molecule has 0 unspecified atom stereocenters. The summed E-state index contributed by atoms with van der Waals surface area (Å²) in [4.78, 5) is 24.8. The molecule has 148 valence electrons. The number of nitrogens with one attached hydrogen (secondary N) is 2. The van der Waals surface area contributed by atoms with E-state index in [1.807, 2.05) is 48.5 Å². The predicted molar refractivity (Wildman–Crippen MR) is 114 cm³/mol. The van der Waals surface area contributed by atoms with E-state index in [9.17, 15) is 4.79 Å². The number of hydrogen-bond acceptors (Lipinski definition) is 5. The van der Waals surface area contributed by atoms with Crippen molar-refractivity contribution in [1.82, 2.24) is 34.9 Å². The van der Waals surface area contributed by atoms with Crippen LogP contribution in [0.3, 0.4) is 0 Å². The summed E-state index contributed by atoms with van der Waals surface area (Å²) >= 11 is 0. The molecule has 30 heavy (non-hydrogen) atoms. The van der Waals surface area contributed by atoms with Crippen LogP contribution >= 0.6 is 0 Å². The molecule has 0 saturated carbocycles. The van der Waals surface area contributed by atoms with E-state index in [-0.39, 0.29) is 11.6 Å². The Morgan fingerprint density at radius 3 is 2.47 bits per heavy atom. The Bertz CT molecular complexity index is 1380. The number of aromatic nitrogens is 7. The fraction of sp³-hybridized carbons (Fsp3) is 0.136. The van der Waals surface area contributed by atoms with Crippen molar-refractivity contribution < 1.29 is 0 Å². The molecule has 8 heteroatoms. The maximum Gasteiger partial charge on any atom is 0.332 e. The van der Waals surface area contributed by atoms with Gasteiger partial charge in [-0.1, -0.05) is 61.5 Å². The van der Waals surface area contributed by atoms with Crippen molar-refractivity contribution in [3.63, 3.8) is 0 Å². The maximum absolute atomic E-state index is 12.8.